The molecule has 0 bridgehead atoms. The third kappa shape index (κ3) is 3.13. The molecular weight excluding hydrogens is 368 g/mol. The summed E-state index contributed by atoms with van der Waals surface area (Å²) in [7, 11) is 3.04. The maximum Gasteiger partial charge on any atom is 0.396 e. The summed E-state index contributed by atoms with van der Waals surface area (Å²) in [4.78, 5) is 23.5. The van der Waals surface area contributed by atoms with E-state index in [0.29, 0.717) is 32.9 Å². The molecule has 4 aromatic rings. The molecule has 0 fully saturated rings. The number of para-hydroxylation sites is 1. The number of rotatable bonds is 5. The summed E-state index contributed by atoms with van der Waals surface area (Å²) in [6, 6.07) is 10.6. The van der Waals surface area contributed by atoms with Crippen LogP contribution in [-0.4, -0.2) is 20.0 Å². The maximum absolute atomic E-state index is 12.5. The molecule has 27 heavy (non-hydrogen) atoms. The van der Waals surface area contributed by atoms with E-state index in [4.69, 9.17) is 18.3 Å². The standard InChI is InChI=1S/C20H14O6S/c1-23-14-5-3-4-12-10-15(25-18(12)14)13(21)7-6-11-8-16(24-2)19-17(9-11)27-20(22)26-19/h3-10H,1-2H3/b7-6+. The molecule has 0 spiro atoms. The second-order valence-corrected chi connectivity index (χ2v) is 6.67. The molecule has 7 heteroatoms. The number of fused-ring (bicyclic) bond motifs is 2. The van der Waals surface area contributed by atoms with E-state index >= 15 is 0 Å². The van der Waals surface area contributed by atoms with E-state index in [2.05, 4.69) is 0 Å². The van der Waals surface area contributed by atoms with E-state index in [1.807, 2.05) is 12.1 Å². The van der Waals surface area contributed by atoms with Gasteiger partial charge in [-0.3, -0.25) is 4.79 Å². The van der Waals surface area contributed by atoms with E-state index in [0.717, 1.165) is 16.7 Å². The van der Waals surface area contributed by atoms with Crippen LogP contribution in [0, 0.1) is 0 Å². The minimum atomic E-state index is -0.406. The highest BCUT2D eigenvalue weighted by Crippen LogP contribution is 2.31. The Balaban J connectivity index is 1.67. The van der Waals surface area contributed by atoms with Crippen LogP contribution in [0.25, 0.3) is 27.3 Å². The summed E-state index contributed by atoms with van der Waals surface area (Å²) < 4.78 is 21.9. The Morgan fingerprint density at radius 3 is 2.63 bits per heavy atom. The van der Waals surface area contributed by atoms with Gasteiger partial charge in [0.25, 0.3) is 0 Å². The highest BCUT2D eigenvalue weighted by Gasteiger charge is 2.13. The Hall–Kier alpha value is -3.32. The summed E-state index contributed by atoms with van der Waals surface area (Å²) >= 11 is 0.980. The third-order valence-corrected chi connectivity index (χ3v) is 4.81. The molecule has 2 aromatic heterocycles. The number of carbonyl (C=O) groups excluding carboxylic acids is 1. The van der Waals surface area contributed by atoms with Gasteiger partial charge in [-0.1, -0.05) is 29.5 Å². The number of benzene rings is 2. The summed E-state index contributed by atoms with van der Waals surface area (Å²) in [5.74, 6) is 0.937. The number of ketones is 1. The normalized spacial score (nSPS) is 11.5. The van der Waals surface area contributed by atoms with Crippen LogP contribution in [0.2, 0.25) is 0 Å². The van der Waals surface area contributed by atoms with Gasteiger partial charge in [0.2, 0.25) is 5.78 Å². The van der Waals surface area contributed by atoms with Crippen LogP contribution >= 0.6 is 11.3 Å². The van der Waals surface area contributed by atoms with Crippen LogP contribution < -0.4 is 14.4 Å². The molecule has 0 N–H and O–H groups in total. The fourth-order valence-corrected chi connectivity index (χ4v) is 3.52. The summed E-state index contributed by atoms with van der Waals surface area (Å²) in [6.45, 7) is 0. The van der Waals surface area contributed by atoms with Gasteiger partial charge in [0.1, 0.15) is 0 Å². The molecule has 0 aliphatic rings. The predicted molar refractivity (Wildman–Crippen MR) is 103 cm³/mol. The van der Waals surface area contributed by atoms with E-state index in [1.165, 1.54) is 13.2 Å². The zero-order valence-electron chi connectivity index (χ0n) is 14.5. The highest BCUT2D eigenvalue weighted by molar-refractivity contribution is 7.16. The Kier molecular flexibility index (Phi) is 4.29. The van der Waals surface area contributed by atoms with Gasteiger partial charge in [-0.15, -0.1) is 0 Å². The van der Waals surface area contributed by atoms with Gasteiger partial charge in [-0.25, -0.2) is 4.79 Å². The van der Waals surface area contributed by atoms with Crippen molar-refractivity contribution < 1.29 is 23.1 Å². The molecule has 0 amide bonds. The smallest absolute Gasteiger partial charge is 0.396 e. The first-order valence-corrected chi connectivity index (χ1v) is 8.81. The molecular formula is C20H14O6S. The summed E-state index contributed by atoms with van der Waals surface area (Å²) in [6.07, 6.45) is 3.05. The van der Waals surface area contributed by atoms with Gasteiger partial charge in [-0.2, -0.15) is 0 Å². The van der Waals surface area contributed by atoms with Crippen molar-refractivity contribution in [3.8, 4) is 11.5 Å². The Labute approximate surface area is 157 Å². The number of hydrogen-bond donors (Lipinski definition) is 0. The van der Waals surface area contributed by atoms with Crippen molar-refractivity contribution >= 4 is 44.4 Å². The van der Waals surface area contributed by atoms with Crippen molar-refractivity contribution in [2.75, 3.05) is 14.2 Å². The monoisotopic (exact) mass is 382 g/mol. The van der Waals surface area contributed by atoms with E-state index < -0.39 is 4.94 Å². The zero-order valence-corrected chi connectivity index (χ0v) is 15.3. The molecule has 2 heterocycles. The maximum atomic E-state index is 12.5. The van der Waals surface area contributed by atoms with Crippen LogP contribution in [0.1, 0.15) is 16.1 Å². The van der Waals surface area contributed by atoms with Gasteiger partial charge < -0.3 is 18.3 Å². The molecule has 0 atom stereocenters. The Morgan fingerprint density at radius 1 is 1.04 bits per heavy atom. The summed E-state index contributed by atoms with van der Waals surface area (Å²) in [5, 5.41) is 0.789. The average Bonchev–Trinajstić information content (AvgIpc) is 3.27. The quantitative estimate of drug-likeness (QED) is 0.373. The number of hydrogen-bond acceptors (Lipinski definition) is 7. The molecule has 0 unspecified atom stereocenters. The molecule has 6 nitrogen and oxygen atoms in total. The van der Waals surface area contributed by atoms with Crippen LogP contribution in [0.4, 0.5) is 0 Å². The highest BCUT2D eigenvalue weighted by atomic mass is 32.1. The van der Waals surface area contributed by atoms with Crippen molar-refractivity contribution in [2.24, 2.45) is 0 Å². The minimum absolute atomic E-state index is 0.215. The lowest BCUT2D eigenvalue weighted by atomic mass is 10.1. The molecule has 0 radical (unpaired) electrons. The lowest BCUT2D eigenvalue weighted by Gasteiger charge is -2.01. The van der Waals surface area contributed by atoms with Crippen molar-refractivity contribution in [3.63, 3.8) is 0 Å². The Bertz CT molecular complexity index is 1240. The molecule has 0 saturated heterocycles. The number of carbonyl (C=O) groups is 1. The van der Waals surface area contributed by atoms with Gasteiger partial charge in [0.15, 0.2) is 28.4 Å². The van der Waals surface area contributed by atoms with Crippen LogP contribution in [0.3, 0.4) is 0 Å². The number of furan rings is 1. The van der Waals surface area contributed by atoms with E-state index in [-0.39, 0.29) is 11.5 Å². The molecule has 0 aliphatic carbocycles. The molecule has 0 saturated carbocycles. The van der Waals surface area contributed by atoms with E-state index in [1.54, 1.807) is 37.5 Å². The van der Waals surface area contributed by atoms with Gasteiger partial charge in [0.05, 0.1) is 18.9 Å². The van der Waals surface area contributed by atoms with E-state index in [9.17, 15) is 9.59 Å². The second-order valence-electron chi connectivity index (χ2n) is 5.69. The number of methoxy groups -OCH3 is 2. The molecule has 0 aliphatic heterocycles. The average molecular weight is 382 g/mol. The van der Waals surface area contributed by atoms with Gasteiger partial charge in [-0.05, 0) is 35.9 Å². The van der Waals surface area contributed by atoms with Gasteiger partial charge >= 0.3 is 4.94 Å². The Morgan fingerprint density at radius 2 is 1.85 bits per heavy atom. The van der Waals surface area contributed by atoms with Crippen molar-refractivity contribution in [1.82, 2.24) is 0 Å². The minimum Gasteiger partial charge on any atom is -0.493 e. The van der Waals surface area contributed by atoms with Crippen molar-refractivity contribution in [1.29, 1.82) is 0 Å². The zero-order chi connectivity index (χ0) is 19.0. The molecule has 4 rings (SSSR count). The van der Waals surface area contributed by atoms with Crippen LogP contribution in [0.5, 0.6) is 11.5 Å². The largest absolute Gasteiger partial charge is 0.493 e. The van der Waals surface area contributed by atoms with Crippen molar-refractivity contribution in [2.45, 2.75) is 0 Å². The first-order chi connectivity index (χ1) is 13.1. The lowest BCUT2D eigenvalue weighted by molar-refractivity contribution is 0.102. The predicted octanol–water partition coefficient (Wildman–Crippen LogP) is 4.51. The van der Waals surface area contributed by atoms with Crippen molar-refractivity contribution in [3.05, 3.63) is 63.5 Å². The second kappa shape index (κ2) is 6.77. The fraction of sp³-hybridized carbons (Fsp3) is 0.100. The molecule has 2 aromatic carbocycles. The lowest BCUT2D eigenvalue weighted by Crippen LogP contribution is -1.91. The topological polar surface area (TPSA) is 78.9 Å². The van der Waals surface area contributed by atoms with Crippen LogP contribution in [-0.2, 0) is 0 Å². The fourth-order valence-electron chi connectivity index (χ4n) is 2.79. The van der Waals surface area contributed by atoms with Crippen LogP contribution in [0.15, 0.2) is 56.1 Å². The third-order valence-electron chi connectivity index (χ3n) is 4.04. The molecule has 136 valence electrons. The van der Waals surface area contributed by atoms with Gasteiger partial charge in [0, 0.05) is 5.39 Å². The number of allylic oxidation sites excluding steroid dienone is 1. The SMILES string of the molecule is COc1cccc2cc(C(=O)/C=C/c3cc(OC)c4oc(=O)sc4c3)oc12. The number of ether oxygens (including phenoxy) is 2. The first kappa shape index (κ1) is 17.1. The first-order valence-electron chi connectivity index (χ1n) is 7.99. The summed E-state index contributed by atoms with van der Waals surface area (Å²) in [5.41, 5.74) is 1.64.